The van der Waals surface area contributed by atoms with Crippen molar-refractivity contribution in [2.45, 2.75) is 50.6 Å². The van der Waals surface area contributed by atoms with E-state index in [0.717, 1.165) is 43.2 Å². The van der Waals surface area contributed by atoms with Crippen LogP contribution in [0.2, 0.25) is 0 Å². The van der Waals surface area contributed by atoms with E-state index in [1.165, 1.54) is 32.1 Å². The summed E-state index contributed by atoms with van der Waals surface area (Å²) in [6.45, 7) is 1.81. The Hall–Kier alpha value is -2.46. The van der Waals surface area contributed by atoms with Crippen molar-refractivity contribution in [3.05, 3.63) is 34.2 Å². The smallest absolute Gasteiger partial charge is 0.254 e. The van der Waals surface area contributed by atoms with Gasteiger partial charge in [-0.05, 0) is 67.8 Å². The molecular weight excluding hydrogens is 491 g/mol. The lowest BCUT2D eigenvalue weighted by atomic mass is 10.0. The molecule has 1 aromatic carbocycles. The van der Waals surface area contributed by atoms with Crippen LogP contribution in [-0.2, 0) is 0 Å². The number of ether oxygens (including phenoxy) is 1. The Bertz CT molecular complexity index is 993. The van der Waals surface area contributed by atoms with Crippen molar-refractivity contribution in [2.75, 3.05) is 37.9 Å². The van der Waals surface area contributed by atoms with E-state index in [1.54, 1.807) is 6.20 Å². The maximum atomic E-state index is 14.9. The fourth-order valence-electron chi connectivity index (χ4n) is 4.32. The number of rotatable bonds is 7. The van der Waals surface area contributed by atoms with E-state index >= 15 is 0 Å². The first-order chi connectivity index (χ1) is 15.9. The maximum absolute atomic E-state index is 14.9. The van der Waals surface area contributed by atoms with Gasteiger partial charge in [0.25, 0.3) is 5.91 Å². The molecule has 8 nitrogen and oxygen atoms in total. The molecule has 2 fully saturated rings. The minimum Gasteiger partial charge on any atom is -0.495 e. The molecule has 2 heterocycles. The normalized spacial score (nSPS) is 17.7. The number of nitrogens with one attached hydrogen (secondary N) is 3. The average Bonchev–Trinajstić information content (AvgIpc) is 3.31. The number of halogens is 2. The number of carbonyl (C=O) groups excluding carboxylic acids is 1. The highest BCUT2D eigenvalue weighted by atomic mass is 79.9. The van der Waals surface area contributed by atoms with Crippen LogP contribution in [0.3, 0.4) is 0 Å². The largest absolute Gasteiger partial charge is 0.495 e. The quantitative estimate of drug-likeness (QED) is 0.500. The Balaban J connectivity index is 1.49. The summed E-state index contributed by atoms with van der Waals surface area (Å²) in [5.41, 5.74) is 0.302. The monoisotopic (exact) mass is 520 g/mol. The van der Waals surface area contributed by atoms with Crippen LogP contribution in [0.5, 0.6) is 5.75 Å². The van der Waals surface area contributed by atoms with E-state index in [0.29, 0.717) is 29.2 Å². The highest BCUT2D eigenvalue weighted by molar-refractivity contribution is 9.10. The molecule has 2 aliphatic rings. The lowest BCUT2D eigenvalue weighted by Crippen LogP contribution is -2.43. The van der Waals surface area contributed by atoms with Gasteiger partial charge in [0.1, 0.15) is 17.4 Å². The summed E-state index contributed by atoms with van der Waals surface area (Å²) in [6.07, 6.45) is 7.98. The third kappa shape index (κ3) is 5.92. The van der Waals surface area contributed by atoms with E-state index in [9.17, 15) is 9.18 Å². The highest BCUT2D eigenvalue weighted by Crippen LogP contribution is 2.32. The summed E-state index contributed by atoms with van der Waals surface area (Å²) in [4.78, 5) is 23.8. The van der Waals surface area contributed by atoms with Crippen molar-refractivity contribution >= 4 is 39.3 Å². The summed E-state index contributed by atoms with van der Waals surface area (Å²) in [7, 11) is 3.53. The highest BCUT2D eigenvalue weighted by Gasteiger charge is 2.23. The van der Waals surface area contributed by atoms with Crippen LogP contribution in [0.15, 0.2) is 22.8 Å². The van der Waals surface area contributed by atoms with E-state index < -0.39 is 11.7 Å². The molecule has 0 atom stereocenters. The number of benzene rings is 1. The second-order valence-electron chi connectivity index (χ2n) is 8.72. The number of aromatic nitrogens is 2. The molecule has 1 saturated carbocycles. The average molecular weight is 521 g/mol. The van der Waals surface area contributed by atoms with Gasteiger partial charge in [-0.3, -0.25) is 4.79 Å². The van der Waals surface area contributed by atoms with Crippen molar-refractivity contribution in [2.24, 2.45) is 0 Å². The molecule has 3 N–H and O–H groups in total. The molecule has 1 saturated heterocycles. The van der Waals surface area contributed by atoms with Crippen LogP contribution >= 0.6 is 15.9 Å². The first kappa shape index (κ1) is 23.7. The van der Waals surface area contributed by atoms with Gasteiger partial charge in [0.15, 0.2) is 0 Å². The Kier molecular flexibility index (Phi) is 7.64. The van der Waals surface area contributed by atoms with Gasteiger partial charge < -0.3 is 25.6 Å². The second-order valence-corrected chi connectivity index (χ2v) is 9.58. The molecule has 0 bridgehead atoms. The van der Waals surface area contributed by atoms with Crippen LogP contribution < -0.4 is 20.7 Å². The van der Waals surface area contributed by atoms with Crippen molar-refractivity contribution in [3.63, 3.8) is 0 Å². The molecule has 1 aromatic heterocycles. The number of likely N-dealkylation sites (tertiary alicyclic amines) is 1. The molecule has 178 valence electrons. The van der Waals surface area contributed by atoms with Gasteiger partial charge in [-0.15, -0.1) is 0 Å². The zero-order valence-electron chi connectivity index (χ0n) is 19.0. The predicted molar refractivity (Wildman–Crippen MR) is 130 cm³/mol. The Morgan fingerprint density at radius 3 is 2.61 bits per heavy atom. The molecule has 2 aromatic rings. The number of nitrogens with zero attached hydrogens (tertiary/aromatic N) is 3. The molecule has 1 aliphatic carbocycles. The van der Waals surface area contributed by atoms with E-state index in [2.05, 4.69) is 53.8 Å². The van der Waals surface area contributed by atoms with Gasteiger partial charge in [0.2, 0.25) is 5.95 Å². The van der Waals surface area contributed by atoms with Gasteiger partial charge in [0.05, 0.1) is 22.8 Å². The van der Waals surface area contributed by atoms with Crippen molar-refractivity contribution in [1.29, 1.82) is 0 Å². The summed E-state index contributed by atoms with van der Waals surface area (Å²) < 4.78 is 21.1. The zero-order valence-corrected chi connectivity index (χ0v) is 20.5. The first-order valence-corrected chi connectivity index (χ1v) is 12.1. The number of carbonyl (C=O) groups is 1. The van der Waals surface area contributed by atoms with Crippen LogP contribution in [0, 0.1) is 5.82 Å². The van der Waals surface area contributed by atoms with Crippen LogP contribution in [0.25, 0.3) is 0 Å². The van der Waals surface area contributed by atoms with Crippen LogP contribution in [0.4, 0.5) is 21.8 Å². The van der Waals surface area contributed by atoms with E-state index in [4.69, 9.17) is 4.74 Å². The molecule has 0 unspecified atom stereocenters. The number of methoxy groups -OCH3 is 1. The van der Waals surface area contributed by atoms with Gasteiger partial charge in [0, 0.05) is 24.3 Å². The van der Waals surface area contributed by atoms with Gasteiger partial charge in [-0.25, -0.2) is 9.37 Å². The molecule has 33 heavy (non-hydrogen) atoms. The maximum Gasteiger partial charge on any atom is 0.254 e. The number of anilines is 3. The van der Waals surface area contributed by atoms with Crippen LogP contribution in [0.1, 0.15) is 48.9 Å². The minimum absolute atomic E-state index is 0.0406. The Morgan fingerprint density at radius 2 is 1.91 bits per heavy atom. The number of amides is 1. The third-order valence-corrected chi connectivity index (χ3v) is 6.85. The number of hydrogen-bond acceptors (Lipinski definition) is 7. The summed E-state index contributed by atoms with van der Waals surface area (Å²) >= 11 is 3.49. The topological polar surface area (TPSA) is 91.4 Å². The standard InChI is InChI=1S/C23H30BrFN6O2/c1-31-9-7-15(8-10-31)28-22(32)16-11-20(33-2)19(12-18(16)25)29-23-26-13-17(24)21(30-23)27-14-5-3-4-6-14/h11-15H,3-10H2,1-2H3,(H,28,32)(H2,26,27,29,30). The zero-order chi connectivity index (χ0) is 23.4. The van der Waals surface area contributed by atoms with Gasteiger partial charge in [-0.2, -0.15) is 4.98 Å². The SMILES string of the molecule is COc1cc(C(=O)NC2CCN(C)CC2)c(F)cc1Nc1ncc(Br)c(NC2CCCC2)n1. The van der Waals surface area contributed by atoms with E-state index in [1.807, 2.05) is 0 Å². The summed E-state index contributed by atoms with van der Waals surface area (Å²) in [6, 6.07) is 3.09. The lowest BCUT2D eigenvalue weighted by molar-refractivity contribution is 0.0912. The Labute approximate surface area is 201 Å². The minimum atomic E-state index is -0.634. The molecular formula is C23H30BrFN6O2. The van der Waals surface area contributed by atoms with Crippen molar-refractivity contribution in [1.82, 2.24) is 20.2 Å². The Morgan fingerprint density at radius 1 is 1.18 bits per heavy atom. The molecule has 4 rings (SSSR count). The molecule has 1 amide bonds. The molecule has 0 radical (unpaired) electrons. The third-order valence-electron chi connectivity index (χ3n) is 6.27. The fraction of sp³-hybridized carbons (Fsp3) is 0.522. The second kappa shape index (κ2) is 10.6. The predicted octanol–water partition coefficient (Wildman–Crippen LogP) is 4.31. The first-order valence-electron chi connectivity index (χ1n) is 11.4. The number of piperidine rings is 1. The van der Waals surface area contributed by atoms with E-state index in [-0.39, 0.29) is 11.6 Å². The lowest BCUT2D eigenvalue weighted by Gasteiger charge is -2.29. The number of hydrogen-bond donors (Lipinski definition) is 3. The fourth-order valence-corrected chi connectivity index (χ4v) is 4.63. The van der Waals surface area contributed by atoms with Crippen molar-refractivity contribution in [3.8, 4) is 5.75 Å². The van der Waals surface area contributed by atoms with Gasteiger partial charge in [-0.1, -0.05) is 12.8 Å². The van der Waals surface area contributed by atoms with Crippen molar-refractivity contribution < 1.29 is 13.9 Å². The molecule has 1 aliphatic heterocycles. The molecule has 0 spiro atoms. The summed E-state index contributed by atoms with van der Waals surface area (Å²) in [5, 5.41) is 9.41. The molecule has 10 heteroatoms. The van der Waals surface area contributed by atoms with Crippen LogP contribution in [-0.4, -0.2) is 60.1 Å². The van der Waals surface area contributed by atoms with Gasteiger partial charge >= 0.3 is 0 Å². The summed E-state index contributed by atoms with van der Waals surface area (Å²) in [5.74, 6) is 0.259.